The van der Waals surface area contributed by atoms with Crippen LogP contribution < -0.4 is 15.0 Å². The summed E-state index contributed by atoms with van der Waals surface area (Å²) in [7, 11) is 3.19. The Morgan fingerprint density at radius 2 is 2.00 bits per heavy atom. The molecule has 0 heterocycles. The SMILES string of the molecule is COc1ccc(C(C)NO)c(OC)c1. The highest BCUT2D eigenvalue weighted by Crippen LogP contribution is 2.28. The number of rotatable bonds is 4. The van der Waals surface area contributed by atoms with Gasteiger partial charge in [-0.25, -0.2) is 0 Å². The van der Waals surface area contributed by atoms with Gasteiger partial charge >= 0.3 is 0 Å². The number of benzene rings is 1. The fourth-order valence-electron chi connectivity index (χ4n) is 1.25. The van der Waals surface area contributed by atoms with Crippen molar-refractivity contribution in [3.05, 3.63) is 23.8 Å². The molecule has 0 aliphatic rings. The molecule has 1 aromatic carbocycles. The van der Waals surface area contributed by atoms with Gasteiger partial charge in [-0.05, 0) is 19.1 Å². The van der Waals surface area contributed by atoms with Crippen LogP contribution in [0.5, 0.6) is 11.5 Å². The first-order valence-electron chi connectivity index (χ1n) is 4.34. The fourth-order valence-corrected chi connectivity index (χ4v) is 1.25. The van der Waals surface area contributed by atoms with E-state index in [2.05, 4.69) is 5.48 Å². The molecule has 0 saturated carbocycles. The fraction of sp³-hybridized carbons (Fsp3) is 0.400. The number of methoxy groups -OCH3 is 2. The van der Waals surface area contributed by atoms with Crippen LogP contribution in [0.2, 0.25) is 0 Å². The summed E-state index contributed by atoms with van der Waals surface area (Å²) in [5.74, 6) is 1.43. The smallest absolute Gasteiger partial charge is 0.127 e. The van der Waals surface area contributed by atoms with Crippen molar-refractivity contribution in [3.63, 3.8) is 0 Å². The van der Waals surface area contributed by atoms with E-state index in [1.807, 2.05) is 19.1 Å². The van der Waals surface area contributed by atoms with E-state index in [0.717, 1.165) is 11.3 Å². The highest BCUT2D eigenvalue weighted by Gasteiger charge is 2.10. The van der Waals surface area contributed by atoms with Crippen molar-refractivity contribution in [1.29, 1.82) is 0 Å². The number of hydroxylamine groups is 1. The maximum atomic E-state index is 8.80. The van der Waals surface area contributed by atoms with Gasteiger partial charge in [0.1, 0.15) is 11.5 Å². The standard InChI is InChI=1S/C10H15NO3/c1-7(11-12)9-5-4-8(13-2)6-10(9)14-3/h4-7,11-12H,1-3H3. The van der Waals surface area contributed by atoms with E-state index in [9.17, 15) is 0 Å². The Morgan fingerprint density at radius 1 is 1.29 bits per heavy atom. The van der Waals surface area contributed by atoms with E-state index in [-0.39, 0.29) is 6.04 Å². The Hall–Kier alpha value is -1.26. The summed E-state index contributed by atoms with van der Waals surface area (Å²) in [4.78, 5) is 0. The molecular formula is C10H15NO3. The third-order valence-electron chi connectivity index (χ3n) is 2.10. The lowest BCUT2D eigenvalue weighted by Gasteiger charge is -2.14. The van der Waals surface area contributed by atoms with Crippen LogP contribution in [0.1, 0.15) is 18.5 Å². The third-order valence-corrected chi connectivity index (χ3v) is 2.10. The lowest BCUT2D eigenvalue weighted by atomic mass is 10.1. The predicted octanol–water partition coefficient (Wildman–Crippen LogP) is 1.74. The molecule has 4 heteroatoms. The summed E-state index contributed by atoms with van der Waals surface area (Å²) >= 11 is 0. The molecule has 1 aromatic rings. The average molecular weight is 197 g/mol. The maximum absolute atomic E-state index is 8.80. The Morgan fingerprint density at radius 3 is 2.50 bits per heavy atom. The zero-order valence-electron chi connectivity index (χ0n) is 8.57. The molecule has 0 bridgehead atoms. The van der Waals surface area contributed by atoms with Crippen molar-refractivity contribution < 1.29 is 14.7 Å². The molecule has 0 radical (unpaired) electrons. The maximum Gasteiger partial charge on any atom is 0.127 e. The highest BCUT2D eigenvalue weighted by molar-refractivity contribution is 5.42. The second-order valence-electron chi connectivity index (χ2n) is 2.96. The molecule has 0 aromatic heterocycles. The third kappa shape index (κ3) is 2.16. The first-order valence-corrected chi connectivity index (χ1v) is 4.34. The summed E-state index contributed by atoms with van der Waals surface area (Å²) in [5.41, 5.74) is 3.06. The highest BCUT2D eigenvalue weighted by atomic mass is 16.5. The van der Waals surface area contributed by atoms with Gasteiger partial charge in [0.15, 0.2) is 0 Å². The van der Waals surface area contributed by atoms with Crippen molar-refractivity contribution in [2.45, 2.75) is 13.0 Å². The number of hydrogen-bond donors (Lipinski definition) is 2. The van der Waals surface area contributed by atoms with E-state index in [1.165, 1.54) is 0 Å². The Bertz CT molecular complexity index is 301. The molecule has 0 aliphatic heterocycles. The summed E-state index contributed by atoms with van der Waals surface area (Å²) in [5, 5.41) is 8.80. The molecule has 0 fully saturated rings. The van der Waals surface area contributed by atoms with E-state index in [4.69, 9.17) is 14.7 Å². The first kappa shape index (κ1) is 10.8. The monoisotopic (exact) mass is 197 g/mol. The molecule has 0 aliphatic carbocycles. The van der Waals surface area contributed by atoms with E-state index >= 15 is 0 Å². The molecule has 0 amide bonds. The number of ether oxygens (including phenoxy) is 2. The quantitative estimate of drug-likeness (QED) is 0.722. The summed E-state index contributed by atoms with van der Waals surface area (Å²) < 4.78 is 10.2. The van der Waals surface area contributed by atoms with Crippen LogP contribution in [0.25, 0.3) is 0 Å². The van der Waals surface area contributed by atoms with Crippen LogP contribution in [0, 0.1) is 0 Å². The molecule has 2 N–H and O–H groups in total. The number of nitrogens with one attached hydrogen (secondary N) is 1. The summed E-state index contributed by atoms with van der Waals surface area (Å²) in [6.45, 7) is 1.84. The normalized spacial score (nSPS) is 12.3. The average Bonchev–Trinajstić information content (AvgIpc) is 2.27. The van der Waals surface area contributed by atoms with E-state index < -0.39 is 0 Å². The summed E-state index contributed by atoms with van der Waals surface area (Å²) in [6.07, 6.45) is 0. The topological polar surface area (TPSA) is 50.7 Å². The van der Waals surface area contributed by atoms with Crippen molar-refractivity contribution in [2.24, 2.45) is 0 Å². The first-order chi connectivity index (χ1) is 6.72. The van der Waals surface area contributed by atoms with Gasteiger partial charge in [0.05, 0.1) is 20.3 Å². The van der Waals surface area contributed by atoms with Crippen molar-refractivity contribution >= 4 is 0 Å². The van der Waals surface area contributed by atoms with Crippen LogP contribution in [0.15, 0.2) is 18.2 Å². The van der Waals surface area contributed by atoms with Crippen LogP contribution in [0.3, 0.4) is 0 Å². The largest absolute Gasteiger partial charge is 0.497 e. The molecule has 0 spiro atoms. The van der Waals surface area contributed by atoms with Crippen LogP contribution in [-0.4, -0.2) is 19.4 Å². The second kappa shape index (κ2) is 4.83. The second-order valence-corrected chi connectivity index (χ2v) is 2.96. The van der Waals surface area contributed by atoms with Gasteiger partial charge in [0.2, 0.25) is 0 Å². The van der Waals surface area contributed by atoms with Crippen LogP contribution in [0.4, 0.5) is 0 Å². The van der Waals surface area contributed by atoms with Crippen LogP contribution in [-0.2, 0) is 0 Å². The van der Waals surface area contributed by atoms with Gasteiger partial charge in [-0.1, -0.05) is 0 Å². The summed E-state index contributed by atoms with van der Waals surface area (Å²) in [6, 6.07) is 5.29. The van der Waals surface area contributed by atoms with Crippen molar-refractivity contribution in [3.8, 4) is 11.5 Å². The Balaban J connectivity index is 3.04. The minimum atomic E-state index is -0.171. The molecular weight excluding hydrogens is 182 g/mol. The minimum absolute atomic E-state index is 0.171. The van der Waals surface area contributed by atoms with Crippen molar-refractivity contribution in [1.82, 2.24) is 5.48 Å². The molecule has 1 rings (SSSR count). The molecule has 1 unspecified atom stereocenters. The van der Waals surface area contributed by atoms with E-state index in [1.54, 1.807) is 20.3 Å². The Kier molecular flexibility index (Phi) is 3.73. The lowest BCUT2D eigenvalue weighted by molar-refractivity contribution is 0.132. The van der Waals surface area contributed by atoms with Crippen LogP contribution >= 0.6 is 0 Å². The predicted molar refractivity (Wildman–Crippen MR) is 52.9 cm³/mol. The molecule has 14 heavy (non-hydrogen) atoms. The Labute approximate surface area is 83.4 Å². The van der Waals surface area contributed by atoms with Gasteiger partial charge in [-0.15, -0.1) is 0 Å². The van der Waals surface area contributed by atoms with Crippen molar-refractivity contribution in [2.75, 3.05) is 14.2 Å². The molecule has 0 saturated heterocycles. The van der Waals surface area contributed by atoms with Gasteiger partial charge in [0, 0.05) is 11.6 Å². The number of hydrogen-bond acceptors (Lipinski definition) is 4. The lowest BCUT2D eigenvalue weighted by Crippen LogP contribution is -2.14. The molecule has 1 atom stereocenters. The van der Waals surface area contributed by atoms with Gasteiger partial charge in [0.25, 0.3) is 0 Å². The van der Waals surface area contributed by atoms with Gasteiger partial charge in [-0.2, -0.15) is 5.48 Å². The van der Waals surface area contributed by atoms with Gasteiger partial charge in [-0.3, -0.25) is 0 Å². The minimum Gasteiger partial charge on any atom is -0.497 e. The zero-order valence-corrected chi connectivity index (χ0v) is 8.57. The zero-order chi connectivity index (χ0) is 10.6. The molecule has 78 valence electrons. The van der Waals surface area contributed by atoms with E-state index in [0.29, 0.717) is 5.75 Å². The van der Waals surface area contributed by atoms with Gasteiger partial charge < -0.3 is 14.7 Å². The molecule has 4 nitrogen and oxygen atoms in total.